The van der Waals surface area contributed by atoms with Gasteiger partial charge in [-0.1, -0.05) is 49.4 Å². The molecule has 0 bridgehead atoms. The highest BCUT2D eigenvalue weighted by atomic mass is 32.1. The van der Waals surface area contributed by atoms with Gasteiger partial charge in [-0.3, -0.25) is 0 Å². The number of nitrogens with one attached hydrogen (secondary N) is 2. The van der Waals surface area contributed by atoms with Crippen LogP contribution in [0.1, 0.15) is 40.9 Å². The number of aryl methyl sites for hydroxylation is 1. The first kappa shape index (κ1) is 16.4. The molecular formula is C16H22N4OS. The van der Waals surface area contributed by atoms with Gasteiger partial charge in [0.15, 0.2) is 0 Å². The Morgan fingerprint density at radius 3 is 2.68 bits per heavy atom. The summed E-state index contributed by atoms with van der Waals surface area (Å²) in [7, 11) is 0. The predicted octanol–water partition coefficient (Wildman–Crippen LogP) is 3.01. The molecule has 0 radical (unpaired) electrons. The summed E-state index contributed by atoms with van der Waals surface area (Å²) < 4.78 is 0. The van der Waals surface area contributed by atoms with Crippen molar-refractivity contribution in [1.29, 1.82) is 0 Å². The average Bonchev–Trinajstić information content (AvgIpc) is 2.96. The van der Waals surface area contributed by atoms with E-state index in [1.54, 1.807) is 11.3 Å². The monoisotopic (exact) mass is 318 g/mol. The van der Waals surface area contributed by atoms with Gasteiger partial charge in [-0.2, -0.15) is 0 Å². The molecule has 6 heteroatoms. The smallest absolute Gasteiger partial charge is 0.315 e. The molecule has 2 aromatic rings. The van der Waals surface area contributed by atoms with Crippen molar-refractivity contribution in [1.82, 2.24) is 20.8 Å². The minimum absolute atomic E-state index is 0.171. The van der Waals surface area contributed by atoms with Gasteiger partial charge in [0.1, 0.15) is 10.0 Å². The molecule has 2 N–H and O–H groups in total. The lowest BCUT2D eigenvalue weighted by molar-refractivity contribution is 0.240. The van der Waals surface area contributed by atoms with Gasteiger partial charge >= 0.3 is 6.03 Å². The summed E-state index contributed by atoms with van der Waals surface area (Å²) in [6.45, 7) is 7.27. The molecule has 22 heavy (non-hydrogen) atoms. The molecule has 118 valence electrons. The number of urea groups is 1. The fourth-order valence-electron chi connectivity index (χ4n) is 1.99. The van der Waals surface area contributed by atoms with E-state index in [1.807, 2.05) is 12.1 Å². The van der Waals surface area contributed by atoms with Crippen LogP contribution in [0, 0.1) is 6.92 Å². The Morgan fingerprint density at radius 1 is 1.23 bits per heavy atom. The van der Waals surface area contributed by atoms with Crippen LogP contribution in [0.15, 0.2) is 24.3 Å². The van der Waals surface area contributed by atoms with E-state index in [2.05, 4.69) is 53.7 Å². The molecule has 1 heterocycles. The number of amides is 2. The Labute approximate surface area is 135 Å². The van der Waals surface area contributed by atoms with Crippen LogP contribution in [0.25, 0.3) is 0 Å². The zero-order chi connectivity index (χ0) is 15.9. The van der Waals surface area contributed by atoms with Crippen LogP contribution in [-0.2, 0) is 13.0 Å². The molecule has 2 rings (SSSR count). The van der Waals surface area contributed by atoms with Gasteiger partial charge in [-0.25, -0.2) is 4.79 Å². The van der Waals surface area contributed by atoms with Crippen molar-refractivity contribution >= 4 is 17.4 Å². The van der Waals surface area contributed by atoms with E-state index in [4.69, 9.17) is 0 Å². The Bertz CT molecular complexity index is 624. The van der Waals surface area contributed by atoms with Crippen molar-refractivity contribution in [2.75, 3.05) is 6.54 Å². The maximum absolute atomic E-state index is 11.8. The lowest BCUT2D eigenvalue weighted by Crippen LogP contribution is -2.36. The minimum Gasteiger partial charge on any atom is -0.338 e. The zero-order valence-electron chi connectivity index (χ0n) is 13.2. The highest BCUT2D eigenvalue weighted by Gasteiger charge is 2.08. The fraction of sp³-hybridized carbons (Fsp3) is 0.438. The van der Waals surface area contributed by atoms with Crippen LogP contribution in [0.3, 0.4) is 0 Å². The fourth-order valence-corrected chi connectivity index (χ4v) is 2.78. The van der Waals surface area contributed by atoms with Gasteiger partial charge in [0, 0.05) is 12.5 Å². The van der Waals surface area contributed by atoms with Gasteiger partial charge in [-0.05, 0) is 24.5 Å². The van der Waals surface area contributed by atoms with Crippen molar-refractivity contribution in [3.63, 3.8) is 0 Å². The second-order valence-corrected chi connectivity index (χ2v) is 6.57. The van der Waals surface area contributed by atoms with Crippen LogP contribution >= 0.6 is 11.3 Å². The normalized spacial score (nSPS) is 10.7. The Balaban J connectivity index is 1.70. The van der Waals surface area contributed by atoms with E-state index >= 15 is 0 Å². The quantitative estimate of drug-likeness (QED) is 0.860. The SMILES string of the molecule is Cc1ccccc1CCNC(=O)NCc1nnc(C(C)C)s1. The third-order valence-electron chi connectivity index (χ3n) is 3.32. The number of hydrogen-bond acceptors (Lipinski definition) is 4. The van der Waals surface area contributed by atoms with E-state index in [9.17, 15) is 4.79 Å². The van der Waals surface area contributed by atoms with Crippen LogP contribution in [0.2, 0.25) is 0 Å². The number of carbonyl (C=O) groups excluding carboxylic acids is 1. The maximum Gasteiger partial charge on any atom is 0.315 e. The molecule has 1 aromatic carbocycles. The molecule has 5 nitrogen and oxygen atoms in total. The van der Waals surface area contributed by atoms with Gasteiger partial charge in [0.2, 0.25) is 0 Å². The molecule has 0 unspecified atom stereocenters. The molecule has 0 fully saturated rings. The summed E-state index contributed by atoms with van der Waals surface area (Å²) in [5.74, 6) is 0.370. The maximum atomic E-state index is 11.8. The van der Waals surface area contributed by atoms with Crippen molar-refractivity contribution < 1.29 is 4.79 Å². The Morgan fingerprint density at radius 2 is 2.00 bits per heavy atom. The van der Waals surface area contributed by atoms with E-state index in [0.29, 0.717) is 19.0 Å². The number of hydrogen-bond donors (Lipinski definition) is 2. The number of nitrogens with zero attached hydrogens (tertiary/aromatic N) is 2. The van der Waals surface area contributed by atoms with Crippen LogP contribution < -0.4 is 10.6 Å². The summed E-state index contributed by atoms with van der Waals surface area (Å²) in [5, 5.41) is 15.7. The van der Waals surface area contributed by atoms with Crippen molar-refractivity contribution in [2.24, 2.45) is 0 Å². The second kappa shape index (κ2) is 7.89. The Kier molecular flexibility index (Phi) is 5.89. The van der Waals surface area contributed by atoms with Gasteiger partial charge in [-0.15, -0.1) is 10.2 Å². The van der Waals surface area contributed by atoms with Gasteiger partial charge < -0.3 is 10.6 Å². The summed E-state index contributed by atoms with van der Waals surface area (Å²) in [6, 6.07) is 8.03. The van der Waals surface area contributed by atoms with Gasteiger partial charge in [0.05, 0.1) is 6.54 Å². The van der Waals surface area contributed by atoms with E-state index in [-0.39, 0.29) is 6.03 Å². The van der Waals surface area contributed by atoms with Crippen molar-refractivity contribution in [3.8, 4) is 0 Å². The molecule has 0 saturated carbocycles. The van der Waals surface area contributed by atoms with Gasteiger partial charge in [0.25, 0.3) is 0 Å². The van der Waals surface area contributed by atoms with Crippen LogP contribution in [0.4, 0.5) is 4.79 Å². The second-order valence-electron chi connectivity index (χ2n) is 5.47. The highest BCUT2D eigenvalue weighted by Crippen LogP contribution is 2.18. The highest BCUT2D eigenvalue weighted by molar-refractivity contribution is 7.11. The largest absolute Gasteiger partial charge is 0.338 e. The number of carbonyl (C=O) groups is 1. The topological polar surface area (TPSA) is 66.9 Å². The molecule has 2 amide bonds. The lowest BCUT2D eigenvalue weighted by Gasteiger charge is -2.08. The molecule has 0 atom stereocenters. The van der Waals surface area contributed by atoms with Crippen LogP contribution in [0.5, 0.6) is 0 Å². The first-order valence-electron chi connectivity index (χ1n) is 7.44. The molecule has 0 aliphatic heterocycles. The first-order valence-corrected chi connectivity index (χ1v) is 8.26. The summed E-state index contributed by atoms with van der Waals surface area (Å²) in [4.78, 5) is 11.8. The minimum atomic E-state index is -0.171. The summed E-state index contributed by atoms with van der Waals surface area (Å²) in [6.07, 6.45) is 0.830. The van der Waals surface area contributed by atoms with Crippen LogP contribution in [-0.4, -0.2) is 22.8 Å². The molecular weight excluding hydrogens is 296 g/mol. The predicted molar refractivity (Wildman–Crippen MR) is 89.1 cm³/mol. The molecule has 1 aromatic heterocycles. The number of benzene rings is 1. The van der Waals surface area contributed by atoms with Crippen molar-refractivity contribution in [2.45, 2.75) is 39.7 Å². The third kappa shape index (κ3) is 4.80. The Hall–Kier alpha value is -1.95. The summed E-state index contributed by atoms with van der Waals surface area (Å²) >= 11 is 1.54. The first-order chi connectivity index (χ1) is 10.6. The number of aromatic nitrogens is 2. The van der Waals surface area contributed by atoms with E-state index in [0.717, 1.165) is 16.4 Å². The van der Waals surface area contributed by atoms with E-state index in [1.165, 1.54) is 11.1 Å². The average molecular weight is 318 g/mol. The summed E-state index contributed by atoms with van der Waals surface area (Å²) in [5.41, 5.74) is 2.51. The standard InChI is InChI=1S/C16H22N4OS/c1-11(2)15-20-19-14(22-15)10-18-16(21)17-9-8-13-7-5-4-6-12(13)3/h4-7,11H,8-10H2,1-3H3,(H2,17,18,21). The lowest BCUT2D eigenvalue weighted by atomic mass is 10.1. The van der Waals surface area contributed by atoms with E-state index < -0.39 is 0 Å². The zero-order valence-corrected chi connectivity index (χ0v) is 14.0. The third-order valence-corrected chi connectivity index (χ3v) is 4.54. The number of rotatable bonds is 6. The molecule has 0 spiro atoms. The molecule has 0 aliphatic carbocycles. The van der Waals surface area contributed by atoms with Crippen molar-refractivity contribution in [3.05, 3.63) is 45.4 Å². The molecule has 0 aliphatic rings. The molecule has 0 saturated heterocycles.